The van der Waals surface area contributed by atoms with Gasteiger partial charge in [0.2, 0.25) is 0 Å². The van der Waals surface area contributed by atoms with Crippen molar-refractivity contribution in [2.45, 2.75) is 51.7 Å². The highest BCUT2D eigenvalue weighted by atomic mass is 16.6. The van der Waals surface area contributed by atoms with Crippen molar-refractivity contribution in [3.8, 4) is 0 Å². The highest BCUT2D eigenvalue weighted by Gasteiger charge is 2.29. The summed E-state index contributed by atoms with van der Waals surface area (Å²) in [7, 11) is 0. The lowest BCUT2D eigenvalue weighted by Gasteiger charge is -2.34. The van der Waals surface area contributed by atoms with Gasteiger partial charge in [0, 0.05) is 6.54 Å². The Hall–Kier alpha value is -1.26. The zero-order chi connectivity index (χ0) is 12.2. The van der Waals surface area contributed by atoms with E-state index in [0.29, 0.717) is 6.54 Å². The monoisotopic (exact) mass is 228 g/mol. The Bertz CT molecular complexity index is 271. The van der Waals surface area contributed by atoms with Crippen molar-refractivity contribution in [3.63, 3.8) is 0 Å². The van der Waals surface area contributed by atoms with Gasteiger partial charge >= 0.3 is 6.09 Å². The first-order chi connectivity index (χ1) is 7.44. The fraction of sp³-hybridized carbons (Fsp3) is 0.818. The highest BCUT2D eigenvalue weighted by Crippen LogP contribution is 2.19. The van der Waals surface area contributed by atoms with Gasteiger partial charge in [0.25, 0.3) is 0 Å². The Morgan fingerprint density at radius 3 is 2.75 bits per heavy atom. The predicted octanol–water partition coefficient (Wildman–Crippen LogP) is 2.24. The summed E-state index contributed by atoms with van der Waals surface area (Å²) in [5.41, 5.74) is -0.491. The molecule has 1 atom stereocenters. The summed E-state index contributed by atoms with van der Waals surface area (Å²) in [5.74, 6) is 0. The molecular formula is C11H20N2O3. The molecule has 0 aromatic carbocycles. The molecule has 1 rings (SSSR count). The molecule has 1 aliphatic heterocycles. The van der Waals surface area contributed by atoms with Crippen LogP contribution in [0.4, 0.5) is 4.79 Å². The Labute approximate surface area is 96.1 Å². The molecule has 1 N–H and O–H groups in total. The van der Waals surface area contributed by atoms with E-state index in [4.69, 9.17) is 9.94 Å². The number of hydrogen-bond acceptors (Lipinski definition) is 4. The minimum absolute atomic E-state index is 0.145. The van der Waals surface area contributed by atoms with Crippen LogP contribution in [0, 0.1) is 0 Å². The molecule has 0 aromatic rings. The largest absolute Gasteiger partial charge is 0.444 e. The molecule has 0 spiro atoms. The number of nitrogens with zero attached hydrogens (tertiary/aromatic N) is 2. The SMILES string of the molecule is CC(C)(C)OC(=O)N1CCCCC1/C=N\O. The molecular weight excluding hydrogens is 208 g/mol. The van der Waals surface area contributed by atoms with Gasteiger partial charge in [-0.1, -0.05) is 5.16 Å². The Balaban J connectivity index is 2.64. The minimum Gasteiger partial charge on any atom is -0.444 e. The van der Waals surface area contributed by atoms with Crippen LogP contribution in [0.15, 0.2) is 5.16 Å². The number of carbonyl (C=O) groups excluding carboxylic acids is 1. The molecule has 5 heteroatoms. The fourth-order valence-electron chi connectivity index (χ4n) is 1.74. The summed E-state index contributed by atoms with van der Waals surface area (Å²) < 4.78 is 5.30. The maximum absolute atomic E-state index is 11.9. The van der Waals surface area contributed by atoms with Gasteiger partial charge in [-0.05, 0) is 40.0 Å². The number of carbonyl (C=O) groups is 1. The normalized spacial score (nSPS) is 22.4. The smallest absolute Gasteiger partial charge is 0.410 e. The summed E-state index contributed by atoms with van der Waals surface area (Å²) >= 11 is 0. The summed E-state index contributed by atoms with van der Waals surface area (Å²) in [4.78, 5) is 13.5. The summed E-state index contributed by atoms with van der Waals surface area (Å²) in [6.45, 7) is 6.17. The molecule has 1 saturated heterocycles. The van der Waals surface area contributed by atoms with Crippen LogP contribution in [0.25, 0.3) is 0 Å². The molecule has 0 aliphatic carbocycles. The van der Waals surface area contributed by atoms with Gasteiger partial charge in [-0.2, -0.15) is 0 Å². The van der Waals surface area contributed by atoms with Crippen molar-refractivity contribution in [1.29, 1.82) is 0 Å². The van der Waals surface area contributed by atoms with Gasteiger partial charge in [0.05, 0.1) is 12.3 Å². The summed E-state index contributed by atoms with van der Waals surface area (Å²) in [6, 6.07) is -0.145. The fourth-order valence-corrected chi connectivity index (χ4v) is 1.74. The predicted molar refractivity (Wildman–Crippen MR) is 60.9 cm³/mol. The number of likely N-dealkylation sites (tertiary alicyclic amines) is 1. The van der Waals surface area contributed by atoms with Crippen LogP contribution >= 0.6 is 0 Å². The average molecular weight is 228 g/mol. The van der Waals surface area contributed by atoms with E-state index < -0.39 is 5.60 Å². The number of amides is 1. The van der Waals surface area contributed by atoms with Crippen molar-refractivity contribution in [1.82, 2.24) is 4.90 Å². The lowest BCUT2D eigenvalue weighted by atomic mass is 10.0. The van der Waals surface area contributed by atoms with Crippen molar-refractivity contribution in [2.24, 2.45) is 5.16 Å². The van der Waals surface area contributed by atoms with E-state index >= 15 is 0 Å². The lowest BCUT2D eigenvalue weighted by molar-refractivity contribution is 0.0169. The number of hydrogen-bond donors (Lipinski definition) is 1. The topological polar surface area (TPSA) is 62.1 Å². The molecule has 1 unspecified atom stereocenters. The lowest BCUT2D eigenvalue weighted by Crippen LogP contribution is -2.46. The average Bonchev–Trinajstić information content (AvgIpc) is 2.16. The molecule has 92 valence electrons. The number of piperidine rings is 1. The Morgan fingerprint density at radius 1 is 1.50 bits per heavy atom. The van der Waals surface area contributed by atoms with E-state index in [-0.39, 0.29) is 12.1 Å². The number of oxime groups is 1. The van der Waals surface area contributed by atoms with Gasteiger partial charge in [-0.15, -0.1) is 0 Å². The standard InChI is InChI=1S/C11H20N2O3/c1-11(2,3)16-10(14)13-7-5-4-6-9(13)8-12-15/h8-9,15H,4-7H2,1-3H3/b12-8-. The quantitative estimate of drug-likeness (QED) is 0.425. The highest BCUT2D eigenvalue weighted by molar-refractivity contribution is 5.75. The first kappa shape index (κ1) is 12.8. The maximum atomic E-state index is 11.9. The van der Waals surface area contributed by atoms with Gasteiger partial charge in [-0.25, -0.2) is 4.79 Å². The van der Waals surface area contributed by atoms with Crippen LogP contribution in [0.2, 0.25) is 0 Å². The van der Waals surface area contributed by atoms with E-state index in [1.54, 1.807) is 4.90 Å². The second kappa shape index (κ2) is 5.18. The third kappa shape index (κ3) is 3.72. The van der Waals surface area contributed by atoms with Crippen LogP contribution in [0.1, 0.15) is 40.0 Å². The zero-order valence-electron chi connectivity index (χ0n) is 10.1. The maximum Gasteiger partial charge on any atom is 0.410 e. The van der Waals surface area contributed by atoms with E-state index in [9.17, 15) is 4.79 Å². The first-order valence-electron chi connectivity index (χ1n) is 5.61. The zero-order valence-corrected chi connectivity index (χ0v) is 10.1. The van der Waals surface area contributed by atoms with Crippen LogP contribution in [0.5, 0.6) is 0 Å². The summed E-state index contributed by atoms with van der Waals surface area (Å²) in [6.07, 6.45) is 3.88. The Morgan fingerprint density at radius 2 is 2.19 bits per heavy atom. The molecule has 1 fully saturated rings. The molecule has 1 amide bonds. The Kier molecular flexibility index (Phi) is 4.15. The van der Waals surface area contributed by atoms with Crippen LogP contribution in [0.3, 0.4) is 0 Å². The molecule has 1 aliphatic rings. The van der Waals surface area contributed by atoms with Crippen LogP contribution in [-0.2, 0) is 4.74 Å². The molecule has 0 bridgehead atoms. The van der Waals surface area contributed by atoms with Crippen molar-refractivity contribution in [3.05, 3.63) is 0 Å². The second-order valence-corrected chi connectivity index (χ2v) is 5.00. The molecule has 0 saturated carbocycles. The van der Waals surface area contributed by atoms with E-state index in [2.05, 4.69) is 5.16 Å². The van der Waals surface area contributed by atoms with Crippen molar-refractivity contribution >= 4 is 12.3 Å². The number of rotatable bonds is 1. The van der Waals surface area contributed by atoms with Crippen LogP contribution in [-0.4, -0.2) is 40.6 Å². The second-order valence-electron chi connectivity index (χ2n) is 5.00. The van der Waals surface area contributed by atoms with Crippen molar-refractivity contribution < 1.29 is 14.7 Å². The van der Waals surface area contributed by atoms with E-state index in [0.717, 1.165) is 19.3 Å². The van der Waals surface area contributed by atoms with Gasteiger partial charge in [0.15, 0.2) is 0 Å². The first-order valence-corrected chi connectivity index (χ1v) is 5.61. The van der Waals surface area contributed by atoms with Gasteiger partial charge in [0.1, 0.15) is 5.60 Å². The molecule has 1 heterocycles. The number of ether oxygens (including phenoxy) is 1. The van der Waals surface area contributed by atoms with Crippen LogP contribution < -0.4 is 0 Å². The van der Waals surface area contributed by atoms with Gasteiger partial charge < -0.3 is 14.8 Å². The van der Waals surface area contributed by atoms with E-state index in [1.807, 2.05) is 20.8 Å². The third-order valence-corrected chi connectivity index (χ3v) is 2.42. The third-order valence-electron chi connectivity index (χ3n) is 2.42. The molecule has 0 aromatic heterocycles. The molecule has 5 nitrogen and oxygen atoms in total. The van der Waals surface area contributed by atoms with Crippen molar-refractivity contribution in [2.75, 3.05) is 6.54 Å². The minimum atomic E-state index is -0.491. The van der Waals surface area contributed by atoms with E-state index in [1.165, 1.54) is 6.21 Å². The molecule has 16 heavy (non-hydrogen) atoms. The molecule has 0 radical (unpaired) electrons. The van der Waals surface area contributed by atoms with Gasteiger partial charge in [-0.3, -0.25) is 0 Å². The summed E-state index contributed by atoms with van der Waals surface area (Å²) in [5, 5.41) is 11.6.